The van der Waals surface area contributed by atoms with Gasteiger partial charge in [0, 0.05) is 17.2 Å². The molecule has 0 aromatic carbocycles. The van der Waals surface area contributed by atoms with Crippen LogP contribution in [0.3, 0.4) is 0 Å². The van der Waals surface area contributed by atoms with Gasteiger partial charge in [-0.15, -0.1) is 0 Å². The van der Waals surface area contributed by atoms with Crippen LogP contribution in [0.1, 0.15) is 41.5 Å². The lowest BCUT2D eigenvalue weighted by Gasteiger charge is -2.21. The number of aliphatic imine (C=N–C) groups is 1. The second-order valence-electron chi connectivity index (χ2n) is 5.16. The first-order chi connectivity index (χ1) is 7.45. The molecule has 90 valence electrons. The molecule has 0 fully saturated rings. The molecule has 0 unspecified atom stereocenters. The first-order valence-electron chi connectivity index (χ1n) is 6.09. The van der Waals surface area contributed by atoms with Gasteiger partial charge in [-0.2, -0.15) is 0 Å². The molecule has 0 bridgehead atoms. The van der Waals surface area contributed by atoms with E-state index in [-0.39, 0.29) is 0 Å². The third kappa shape index (κ3) is 2.75. The highest BCUT2D eigenvalue weighted by atomic mass is 16.5. The van der Waals surface area contributed by atoms with Crippen molar-refractivity contribution in [2.24, 2.45) is 22.7 Å². The number of hydrogen-bond donors (Lipinski definition) is 0. The van der Waals surface area contributed by atoms with E-state index >= 15 is 0 Å². The highest BCUT2D eigenvalue weighted by molar-refractivity contribution is 6.02. The van der Waals surface area contributed by atoms with Crippen LogP contribution >= 0.6 is 0 Å². The Kier molecular flexibility index (Phi) is 4.34. The van der Waals surface area contributed by atoms with E-state index in [2.05, 4.69) is 46.5 Å². The highest BCUT2D eigenvalue weighted by Gasteiger charge is 2.23. The number of allylic oxidation sites excluding steroid dienone is 2. The van der Waals surface area contributed by atoms with Crippen LogP contribution < -0.4 is 0 Å². The third-order valence-electron chi connectivity index (χ3n) is 2.66. The second-order valence-corrected chi connectivity index (χ2v) is 5.16. The van der Waals surface area contributed by atoms with Crippen molar-refractivity contribution in [2.75, 3.05) is 0 Å². The normalized spacial score (nSPS) is 16.9. The topological polar surface area (TPSA) is 21.6 Å². The molecule has 0 aromatic rings. The molecule has 1 aliphatic rings. The first kappa shape index (κ1) is 13.0. The van der Waals surface area contributed by atoms with Gasteiger partial charge < -0.3 is 4.74 Å². The summed E-state index contributed by atoms with van der Waals surface area (Å²) in [7, 11) is 0. The summed E-state index contributed by atoms with van der Waals surface area (Å²) >= 11 is 0. The molecule has 0 saturated carbocycles. The Hall–Kier alpha value is -1.05. The fourth-order valence-corrected chi connectivity index (χ4v) is 1.96. The largest absolute Gasteiger partial charge is 0.467 e. The van der Waals surface area contributed by atoms with Gasteiger partial charge in [0.25, 0.3) is 0 Å². The van der Waals surface area contributed by atoms with E-state index in [0.29, 0.717) is 17.8 Å². The van der Waals surface area contributed by atoms with Gasteiger partial charge in [0.1, 0.15) is 12.0 Å². The number of ether oxygens (including phenoxy) is 1. The monoisotopic (exact) mass is 221 g/mol. The summed E-state index contributed by atoms with van der Waals surface area (Å²) in [4.78, 5) is 4.51. The molecule has 2 nitrogen and oxygen atoms in total. The van der Waals surface area contributed by atoms with Crippen molar-refractivity contribution in [1.29, 1.82) is 0 Å². The van der Waals surface area contributed by atoms with Gasteiger partial charge in [-0.25, -0.2) is 0 Å². The smallest absolute Gasteiger partial charge is 0.111 e. The van der Waals surface area contributed by atoms with Crippen molar-refractivity contribution in [2.45, 2.75) is 41.5 Å². The lowest BCUT2D eigenvalue weighted by atomic mass is 9.88. The van der Waals surface area contributed by atoms with E-state index in [4.69, 9.17) is 4.74 Å². The Morgan fingerprint density at radius 2 is 1.56 bits per heavy atom. The fourth-order valence-electron chi connectivity index (χ4n) is 1.96. The molecule has 0 aromatic heterocycles. The molecule has 1 heterocycles. The van der Waals surface area contributed by atoms with Crippen molar-refractivity contribution < 1.29 is 4.74 Å². The summed E-state index contributed by atoms with van der Waals surface area (Å²) in [5.41, 5.74) is 2.43. The highest BCUT2D eigenvalue weighted by Crippen LogP contribution is 2.28. The minimum absolute atomic E-state index is 0.393. The fraction of sp³-hybridized carbons (Fsp3) is 0.643. The van der Waals surface area contributed by atoms with E-state index < -0.39 is 0 Å². The van der Waals surface area contributed by atoms with Crippen LogP contribution in [-0.4, -0.2) is 5.71 Å². The Morgan fingerprint density at radius 3 is 2.00 bits per heavy atom. The van der Waals surface area contributed by atoms with Gasteiger partial charge in [0.05, 0.1) is 6.20 Å². The van der Waals surface area contributed by atoms with Gasteiger partial charge in [-0.1, -0.05) is 41.5 Å². The second kappa shape index (κ2) is 5.33. The molecule has 0 amide bonds. The maximum absolute atomic E-state index is 5.70. The van der Waals surface area contributed by atoms with E-state index in [1.807, 2.05) is 0 Å². The molecular weight excluding hydrogens is 198 g/mol. The number of hydrogen-bond acceptors (Lipinski definition) is 2. The van der Waals surface area contributed by atoms with E-state index in [1.165, 1.54) is 5.57 Å². The first-order valence-corrected chi connectivity index (χ1v) is 6.09. The minimum Gasteiger partial charge on any atom is -0.467 e. The van der Waals surface area contributed by atoms with Crippen LogP contribution in [0.5, 0.6) is 0 Å². The zero-order chi connectivity index (χ0) is 12.3. The molecule has 0 spiro atoms. The molecule has 0 saturated heterocycles. The molecule has 1 aliphatic heterocycles. The van der Waals surface area contributed by atoms with Crippen molar-refractivity contribution in [3.05, 3.63) is 23.8 Å². The van der Waals surface area contributed by atoms with E-state index in [1.54, 1.807) is 12.5 Å². The van der Waals surface area contributed by atoms with Crippen LogP contribution in [-0.2, 0) is 4.74 Å². The van der Waals surface area contributed by atoms with Crippen molar-refractivity contribution >= 4 is 5.71 Å². The average Bonchev–Trinajstić information content (AvgIpc) is 2.38. The summed E-state index contributed by atoms with van der Waals surface area (Å²) in [6, 6.07) is 0. The van der Waals surface area contributed by atoms with Gasteiger partial charge in [-0.3, -0.25) is 4.99 Å². The summed E-state index contributed by atoms with van der Waals surface area (Å²) in [6.07, 6.45) is 3.44. The molecule has 0 atom stereocenters. The standard InChI is InChI=1S/C14H23NO/c1-9(2)12-13(10(3)4)15-7-8-16-14(12)11(5)6/h7-11H,1-6H3. The zero-order valence-electron chi connectivity index (χ0n) is 11.2. The maximum Gasteiger partial charge on any atom is 0.111 e. The molecule has 0 radical (unpaired) electrons. The maximum atomic E-state index is 5.70. The Balaban J connectivity index is 3.29. The van der Waals surface area contributed by atoms with Crippen molar-refractivity contribution in [3.63, 3.8) is 0 Å². The third-order valence-corrected chi connectivity index (χ3v) is 2.66. The van der Waals surface area contributed by atoms with Gasteiger partial charge >= 0.3 is 0 Å². The summed E-state index contributed by atoms with van der Waals surface area (Å²) in [6.45, 7) is 13.1. The predicted molar refractivity (Wildman–Crippen MR) is 69.2 cm³/mol. The van der Waals surface area contributed by atoms with Crippen LogP contribution in [0.4, 0.5) is 0 Å². The Bertz CT molecular complexity index is 333. The van der Waals surface area contributed by atoms with Gasteiger partial charge in [0.15, 0.2) is 0 Å². The SMILES string of the molecule is CC(C)C1=NC=COC(C(C)C)=C1C(C)C. The quantitative estimate of drug-likeness (QED) is 0.701. The summed E-state index contributed by atoms with van der Waals surface area (Å²) < 4.78 is 5.70. The molecule has 2 heteroatoms. The summed E-state index contributed by atoms with van der Waals surface area (Å²) in [5.74, 6) is 2.33. The number of nitrogens with zero attached hydrogens (tertiary/aromatic N) is 1. The van der Waals surface area contributed by atoms with Crippen LogP contribution in [0.15, 0.2) is 28.8 Å². The van der Waals surface area contributed by atoms with Gasteiger partial charge in [-0.05, 0) is 11.8 Å². The van der Waals surface area contributed by atoms with Crippen molar-refractivity contribution in [1.82, 2.24) is 0 Å². The predicted octanol–water partition coefficient (Wildman–Crippen LogP) is 4.15. The molecule has 0 aliphatic carbocycles. The Morgan fingerprint density at radius 1 is 0.938 bits per heavy atom. The van der Waals surface area contributed by atoms with E-state index in [9.17, 15) is 0 Å². The zero-order valence-corrected chi connectivity index (χ0v) is 11.2. The number of rotatable bonds is 3. The van der Waals surface area contributed by atoms with E-state index in [0.717, 1.165) is 11.5 Å². The lowest BCUT2D eigenvalue weighted by molar-refractivity contribution is 0.297. The lowest BCUT2D eigenvalue weighted by Crippen LogP contribution is -2.18. The molecule has 1 rings (SSSR count). The molecular formula is C14H23NO. The van der Waals surface area contributed by atoms with Gasteiger partial charge in [0.2, 0.25) is 0 Å². The van der Waals surface area contributed by atoms with Crippen LogP contribution in [0.25, 0.3) is 0 Å². The molecule has 0 N–H and O–H groups in total. The Labute approximate surface area is 99.1 Å². The average molecular weight is 221 g/mol. The van der Waals surface area contributed by atoms with Crippen LogP contribution in [0.2, 0.25) is 0 Å². The molecule has 16 heavy (non-hydrogen) atoms. The van der Waals surface area contributed by atoms with Crippen LogP contribution in [0, 0.1) is 17.8 Å². The summed E-state index contributed by atoms with van der Waals surface area (Å²) in [5, 5.41) is 0. The van der Waals surface area contributed by atoms with Crippen molar-refractivity contribution in [3.8, 4) is 0 Å². The minimum atomic E-state index is 0.393.